The highest BCUT2D eigenvalue weighted by Crippen LogP contribution is 2.01. The number of halogens is 1. The molecule has 82 valence electrons. The smallest absolute Gasteiger partial charge is 0.252 e. The van der Waals surface area contributed by atoms with Crippen LogP contribution in [0.2, 0.25) is 0 Å². The van der Waals surface area contributed by atoms with Gasteiger partial charge in [0.25, 0.3) is 5.24 Å². The lowest BCUT2D eigenvalue weighted by molar-refractivity contribution is 0.108. The monoisotopic (exact) mass is 233 g/mol. The number of hydrogen-bond acceptors (Lipinski definition) is 2. The molecule has 0 aliphatic heterocycles. The standard InChI is InChI=1S/C7H5ClO.C6H7N/c8-7(9)6-4-2-1-3-5-6;7-6-4-2-1-3-5-6/h1-5H;1-5H,7H2. The maximum atomic E-state index is 10.4. The number of nitrogens with two attached hydrogens (primary N) is 1. The van der Waals surface area contributed by atoms with Crippen LogP contribution in [0.4, 0.5) is 5.69 Å². The summed E-state index contributed by atoms with van der Waals surface area (Å²) >= 11 is 5.16. The molecule has 0 atom stereocenters. The van der Waals surface area contributed by atoms with Crippen molar-refractivity contribution in [2.45, 2.75) is 0 Å². The molecule has 0 radical (unpaired) electrons. The van der Waals surface area contributed by atoms with Crippen LogP contribution in [0, 0.1) is 0 Å². The van der Waals surface area contributed by atoms with Crippen LogP contribution in [0.5, 0.6) is 0 Å². The van der Waals surface area contributed by atoms with Gasteiger partial charge in [-0.3, -0.25) is 4.79 Å². The minimum atomic E-state index is -0.407. The molecule has 0 fully saturated rings. The van der Waals surface area contributed by atoms with Gasteiger partial charge >= 0.3 is 0 Å². The van der Waals surface area contributed by atoms with E-state index >= 15 is 0 Å². The first-order valence-corrected chi connectivity index (χ1v) is 5.13. The van der Waals surface area contributed by atoms with Crippen molar-refractivity contribution in [1.82, 2.24) is 0 Å². The molecule has 3 heteroatoms. The quantitative estimate of drug-likeness (QED) is 0.607. The Hall–Kier alpha value is -1.80. The molecule has 2 nitrogen and oxygen atoms in total. The van der Waals surface area contributed by atoms with Gasteiger partial charge in [-0.15, -0.1) is 0 Å². The molecule has 0 heterocycles. The molecule has 0 bridgehead atoms. The zero-order valence-electron chi connectivity index (χ0n) is 8.64. The molecule has 0 saturated heterocycles. The molecule has 0 unspecified atom stereocenters. The van der Waals surface area contributed by atoms with Gasteiger partial charge in [-0.25, -0.2) is 0 Å². The van der Waals surface area contributed by atoms with Crippen LogP contribution in [0.25, 0.3) is 0 Å². The van der Waals surface area contributed by atoms with Gasteiger partial charge in [0.15, 0.2) is 0 Å². The molecular formula is C13H12ClNO. The number of anilines is 1. The predicted molar refractivity (Wildman–Crippen MR) is 67.5 cm³/mol. The van der Waals surface area contributed by atoms with Crippen molar-refractivity contribution in [3.8, 4) is 0 Å². The first kappa shape index (κ1) is 12.3. The second-order valence-corrected chi connectivity index (χ2v) is 3.39. The summed E-state index contributed by atoms with van der Waals surface area (Å²) in [5, 5.41) is -0.407. The van der Waals surface area contributed by atoms with Gasteiger partial charge in [-0.05, 0) is 23.7 Å². The summed E-state index contributed by atoms with van der Waals surface area (Å²) in [6.45, 7) is 0. The van der Waals surface area contributed by atoms with Crippen LogP contribution in [0.3, 0.4) is 0 Å². The van der Waals surface area contributed by atoms with E-state index in [1.165, 1.54) is 0 Å². The number of hydrogen-bond donors (Lipinski definition) is 1. The van der Waals surface area contributed by atoms with E-state index in [4.69, 9.17) is 17.3 Å². The Bertz CT molecular complexity index is 428. The van der Waals surface area contributed by atoms with Crippen molar-refractivity contribution in [2.75, 3.05) is 5.73 Å². The SMILES string of the molecule is Nc1ccccc1.O=C(Cl)c1ccccc1. The second kappa shape index (κ2) is 6.64. The number of para-hydroxylation sites is 1. The fraction of sp³-hybridized carbons (Fsp3) is 0. The third-order valence-electron chi connectivity index (χ3n) is 1.80. The lowest BCUT2D eigenvalue weighted by atomic mass is 10.2. The Labute approximate surface area is 99.7 Å². The Kier molecular flexibility index (Phi) is 5.09. The third kappa shape index (κ3) is 4.62. The van der Waals surface area contributed by atoms with Crippen molar-refractivity contribution in [1.29, 1.82) is 0 Å². The molecule has 2 aromatic carbocycles. The van der Waals surface area contributed by atoms with Gasteiger partial charge in [0.1, 0.15) is 0 Å². The van der Waals surface area contributed by atoms with Crippen LogP contribution in [0.15, 0.2) is 60.7 Å². The summed E-state index contributed by atoms with van der Waals surface area (Å²) in [7, 11) is 0. The first-order valence-electron chi connectivity index (χ1n) is 4.75. The maximum absolute atomic E-state index is 10.4. The largest absolute Gasteiger partial charge is 0.399 e. The van der Waals surface area contributed by atoms with E-state index in [9.17, 15) is 4.79 Å². The molecule has 0 amide bonds. The highest BCUT2D eigenvalue weighted by molar-refractivity contribution is 6.67. The molecule has 0 aromatic heterocycles. The number of carbonyl (C=O) groups excluding carboxylic acids is 1. The molecular weight excluding hydrogens is 222 g/mol. The minimum Gasteiger partial charge on any atom is -0.399 e. The Morgan fingerprint density at radius 2 is 1.31 bits per heavy atom. The summed E-state index contributed by atoms with van der Waals surface area (Å²) in [5.74, 6) is 0. The zero-order valence-corrected chi connectivity index (χ0v) is 9.39. The van der Waals surface area contributed by atoms with Crippen molar-refractivity contribution in [3.63, 3.8) is 0 Å². The van der Waals surface area contributed by atoms with Crippen LogP contribution in [0.1, 0.15) is 10.4 Å². The van der Waals surface area contributed by atoms with E-state index in [1.807, 2.05) is 36.4 Å². The van der Waals surface area contributed by atoms with E-state index in [0.29, 0.717) is 5.56 Å². The molecule has 2 N–H and O–H groups in total. The van der Waals surface area contributed by atoms with Crippen LogP contribution < -0.4 is 5.73 Å². The Morgan fingerprint density at radius 1 is 0.875 bits per heavy atom. The molecule has 16 heavy (non-hydrogen) atoms. The third-order valence-corrected chi connectivity index (χ3v) is 2.02. The number of nitrogen functional groups attached to an aromatic ring is 1. The van der Waals surface area contributed by atoms with Crippen LogP contribution in [-0.2, 0) is 0 Å². The van der Waals surface area contributed by atoms with E-state index in [2.05, 4.69) is 0 Å². The van der Waals surface area contributed by atoms with Crippen LogP contribution in [-0.4, -0.2) is 5.24 Å². The summed E-state index contributed by atoms with van der Waals surface area (Å²) < 4.78 is 0. The fourth-order valence-electron chi connectivity index (χ4n) is 1.02. The highest BCUT2D eigenvalue weighted by Gasteiger charge is 1.95. The molecule has 0 aliphatic rings. The molecule has 0 aliphatic carbocycles. The van der Waals surface area contributed by atoms with Crippen molar-refractivity contribution in [3.05, 3.63) is 66.2 Å². The van der Waals surface area contributed by atoms with E-state index < -0.39 is 5.24 Å². The Balaban J connectivity index is 0.000000165. The van der Waals surface area contributed by atoms with Crippen molar-refractivity contribution >= 4 is 22.5 Å². The number of carbonyl (C=O) groups is 1. The van der Waals surface area contributed by atoms with Crippen LogP contribution >= 0.6 is 11.6 Å². The van der Waals surface area contributed by atoms with Gasteiger partial charge < -0.3 is 5.73 Å². The highest BCUT2D eigenvalue weighted by atomic mass is 35.5. The second-order valence-electron chi connectivity index (χ2n) is 3.05. The molecule has 2 aromatic rings. The molecule has 2 rings (SSSR count). The van der Waals surface area contributed by atoms with Gasteiger partial charge in [-0.1, -0.05) is 48.5 Å². The van der Waals surface area contributed by atoms with Gasteiger partial charge in [0, 0.05) is 11.3 Å². The predicted octanol–water partition coefficient (Wildman–Crippen LogP) is 3.33. The summed E-state index contributed by atoms with van der Waals surface area (Å²) in [6, 6.07) is 18.2. The number of benzene rings is 2. The lowest BCUT2D eigenvalue weighted by Gasteiger charge is -1.87. The minimum absolute atomic E-state index is 0.407. The summed E-state index contributed by atoms with van der Waals surface area (Å²) in [5.41, 5.74) is 6.72. The van der Waals surface area contributed by atoms with Gasteiger partial charge in [0.2, 0.25) is 0 Å². The Morgan fingerprint density at radius 3 is 1.56 bits per heavy atom. The van der Waals surface area contributed by atoms with E-state index in [-0.39, 0.29) is 0 Å². The first-order chi connectivity index (χ1) is 7.70. The average molecular weight is 234 g/mol. The molecule has 0 saturated carbocycles. The van der Waals surface area contributed by atoms with E-state index in [1.54, 1.807) is 24.3 Å². The van der Waals surface area contributed by atoms with E-state index in [0.717, 1.165) is 5.69 Å². The van der Waals surface area contributed by atoms with Crippen molar-refractivity contribution < 1.29 is 4.79 Å². The summed E-state index contributed by atoms with van der Waals surface area (Å²) in [4.78, 5) is 10.4. The number of rotatable bonds is 1. The summed E-state index contributed by atoms with van der Waals surface area (Å²) in [6.07, 6.45) is 0. The average Bonchev–Trinajstić information content (AvgIpc) is 2.32. The lowest BCUT2D eigenvalue weighted by Crippen LogP contribution is -1.84. The van der Waals surface area contributed by atoms with Gasteiger partial charge in [0.05, 0.1) is 0 Å². The normalized spacial score (nSPS) is 8.81. The zero-order chi connectivity index (χ0) is 11.8. The van der Waals surface area contributed by atoms with Crippen molar-refractivity contribution in [2.24, 2.45) is 0 Å². The van der Waals surface area contributed by atoms with Gasteiger partial charge in [-0.2, -0.15) is 0 Å². The molecule has 0 spiro atoms. The maximum Gasteiger partial charge on any atom is 0.252 e. The fourth-order valence-corrected chi connectivity index (χ4v) is 1.15. The topological polar surface area (TPSA) is 43.1 Å².